The minimum Gasteiger partial charge on any atom is -0.378 e. The second-order valence-corrected chi connectivity index (χ2v) is 5.90. The van der Waals surface area contributed by atoms with E-state index in [0.29, 0.717) is 6.10 Å². The van der Waals surface area contributed by atoms with Gasteiger partial charge in [0.25, 0.3) is 0 Å². The summed E-state index contributed by atoms with van der Waals surface area (Å²) in [4.78, 5) is 2.78. The number of rotatable bonds is 5. The van der Waals surface area contributed by atoms with Crippen molar-refractivity contribution in [1.29, 1.82) is 0 Å². The normalized spacial score (nSPS) is 34.7. The Labute approximate surface area is 112 Å². The van der Waals surface area contributed by atoms with Crippen LogP contribution in [-0.4, -0.2) is 49.8 Å². The molecule has 3 heteroatoms. The fourth-order valence-electron chi connectivity index (χ4n) is 3.64. The van der Waals surface area contributed by atoms with E-state index in [4.69, 9.17) is 4.74 Å². The van der Waals surface area contributed by atoms with Crippen LogP contribution in [0.1, 0.15) is 51.9 Å². The van der Waals surface area contributed by atoms with E-state index >= 15 is 0 Å². The molecule has 2 fully saturated rings. The van der Waals surface area contributed by atoms with Crippen LogP contribution in [0.2, 0.25) is 0 Å². The van der Waals surface area contributed by atoms with E-state index in [9.17, 15) is 0 Å². The van der Waals surface area contributed by atoms with Crippen LogP contribution in [0.4, 0.5) is 0 Å². The first kappa shape index (κ1) is 14.3. The van der Waals surface area contributed by atoms with Crippen molar-refractivity contribution < 1.29 is 4.74 Å². The Morgan fingerprint density at radius 1 is 1.28 bits per heavy atom. The maximum absolute atomic E-state index is 5.89. The fourth-order valence-corrected chi connectivity index (χ4v) is 3.64. The minimum absolute atomic E-state index is 0.519. The van der Waals surface area contributed by atoms with E-state index < -0.39 is 0 Å². The van der Waals surface area contributed by atoms with Gasteiger partial charge in [0, 0.05) is 25.2 Å². The van der Waals surface area contributed by atoms with Gasteiger partial charge in [-0.3, -0.25) is 4.90 Å². The van der Waals surface area contributed by atoms with Gasteiger partial charge in [0.15, 0.2) is 0 Å². The number of hydrogen-bond acceptors (Lipinski definition) is 3. The lowest BCUT2D eigenvalue weighted by Gasteiger charge is -2.44. The van der Waals surface area contributed by atoms with Gasteiger partial charge < -0.3 is 10.1 Å². The topological polar surface area (TPSA) is 24.5 Å². The molecule has 18 heavy (non-hydrogen) atoms. The highest BCUT2D eigenvalue weighted by Crippen LogP contribution is 2.27. The molecule has 0 spiro atoms. The third-order valence-corrected chi connectivity index (χ3v) is 4.53. The molecule has 2 aliphatic rings. The molecule has 0 aromatic heterocycles. The quantitative estimate of drug-likeness (QED) is 0.815. The molecule has 0 bridgehead atoms. The number of ether oxygens (including phenoxy) is 1. The number of nitrogens with zero attached hydrogens (tertiary/aromatic N) is 1. The summed E-state index contributed by atoms with van der Waals surface area (Å²) in [6.07, 6.45) is 9.66. The van der Waals surface area contributed by atoms with E-state index in [1.54, 1.807) is 0 Å². The summed E-state index contributed by atoms with van der Waals surface area (Å²) in [6, 6.07) is 1.53. The van der Waals surface area contributed by atoms with Crippen molar-refractivity contribution in [1.82, 2.24) is 10.2 Å². The van der Waals surface area contributed by atoms with Crippen LogP contribution in [0.25, 0.3) is 0 Å². The molecule has 0 aromatic rings. The first-order valence-electron chi connectivity index (χ1n) is 7.87. The van der Waals surface area contributed by atoms with E-state index in [1.807, 2.05) is 0 Å². The Balaban J connectivity index is 1.90. The van der Waals surface area contributed by atoms with Crippen LogP contribution in [0, 0.1) is 0 Å². The molecule has 3 atom stereocenters. The molecular formula is C15H30N2O. The van der Waals surface area contributed by atoms with Crippen LogP contribution in [0.5, 0.6) is 0 Å². The summed E-state index contributed by atoms with van der Waals surface area (Å²) in [7, 11) is 2.08. The Bertz CT molecular complexity index is 231. The van der Waals surface area contributed by atoms with Crippen LogP contribution in [-0.2, 0) is 4.74 Å². The second kappa shape index (κ2) is 7.46. The number of likely N-dealkylation sites (tertiary alicyclic amines) is 1. The summed E-state index contributed by atoms with van der Waals surface area (Å²) in [6.45, 7) is 5.68. The second-order valence-electron chi connectivity index (χ2n) is 5.90. The van der Waals surface area contributed by atoms with E-state index in [0.717, 1.165) is 25.2 Å². The van der Waals surface area contributed by atoms with Gasteiger partial charge in [-0.1, -0.05) is 19.8 Å². The van der Waals surface area contributed by atoms with Gasteiger partial charge in [-0.25, -0.2) is 0 Å². The van der Waals surface area contributed by atoms with E-state index in [2.05, 4.69) is 24.2 Å². The highest BCUT2D eigenvalue weighted by Gasteiger charge is 2.32. The molecule has 2 rings (SSSR count). The zero-order valence-corrected chi connectivity index (χ0v) is 12.2. The fraction of sp³-hybridized carbons (Fsp3) is 1.00. The average molecular weight is 254 g/mol. The molecule has 0 amide bonds. The van der Waals surface area contributed by atoms with Crippen molar-refractivity contribution in [3.8, 4) is 0 Å². The van der Waals surface area contributed by atoms with Crippen LogP contribution in [0.3, 0.4) is 0 Å². The predicted molar refractivity (Wildman–Crippen MR) is 75.9 cm³/mol. The summed E-state index contributed by atoms with van der Waals surface area (Å²) >= 11 is 0. The highest BCUT2D eigenvalue weighted by molar-refractivity contribution is 4.87. The molecule has 0 radical (unpaired) electrons. The van der Waals surface area contributed by atoms with Gasteiger partial charge in [0.05, 0.1) is 6.10 Å². The van der Waals surface area contributed by atoms with Gasteiger partial charge >= 0.3 is 0 Å². The highest BCUT2D eigenvalue weighted by atomic mass is 16.5. The zero-order valence-electron chi connectivity index (χ0n) is 12.2. The Morgan fingerprint density at radius 2 is 2.17 bits per heavy atom. The number of nitrogens with one attached hydrogen (secondary N) is 1. The maximum Gasteiger partial charge on any atom is 0.0590 e. The molecule has 2 heterocycles. The van der Waals surface area contributed by atoms with Gasteiger partial charge in [-0.15, -0.1) is 0 Å². The van der Waals surface area contributed by atoms with E-state index in [1.165, 1.54) is 51.5 Å². The monoisotopic (exact) mass is 254 g/mol. The summed E-state index contributed by atoms with van der Waals surface area (Å²) < 4.78 is 5.89. The molecule has 0 saturated carbocycles. The predicted octanol–water partition coefficient (Wildman–Crippen LogP) is 2.41. The van der Waals surface area contributed by atoms with Gasteiger partial charge in [-0.2, -0.15) is 0 Å². The summed E-state index contributed by atoms with van der Waals surface area (Å²) in [5.74, 6) is 0. The van der Waals surface area contributed by atoms with Crippen molar-refractivity contribution in [3.05, 3.63) is 0 Å². The molecule has 0 aliphatic carbocycles. The molecular weight excluding hydrogens is 224 g/mol. The summed E-state index contributed by atoms with van der Waals surface area (Å²) in [5.41, 5.74) is 0. The van der Waals surface area contributed by atoms with Crippen molar-refractivity contribution >= 4 is 0 Å². The maximum atomic E-state index is 5.89. The molecule has 0 aromatic carbocycles. The molecule has 3 unspecified atom stereocenters. The average Bonchev–Trinajstić information content (AvgIpc) is 2.40. The first-order chi connectivity index (χ1) is 8.85. The zero-order chi connectivity index (χ0) is 12.8. The number of piperidine rings is 1. The van der Waals surface area contributed by atoms with Crippen LogP contribution < -0.4 is 5.32 Å². The van der Waals surface area contributed by atoms with Gasteiger partial charge in [0.1, 0.15) is 0 Å². The first-order valence-corrected chi connectivity index (χ1v) is 7.87. The Morgan fingerprint density at radius 3 is 2.94 bits per heavy atom. The Kier molecular flexibility index (Phi) is 5.93. The lowest BCUT2D eigenvalue weighted by molar-refractivity contribution is -0.0459. The number of hydrogen-bond donors (Lipinski definition) is 1. The van der Waals surface area contributed by atoms with Crippen molar-refractivity contribution in [2.24, 2.45) is 0 Å². The molecule has 106 valence electrons. The minimum atomic E-state index is 0.519. The Hall–Kier alpha value is -0.120. The van der Waals surface area contributed by atoms with Gasteiger partial charge in [-0.05, 0) is 45.7 Å². The lowest BCUT2D eigenvalue weighted by atomic mass is 9.93. The largest absolute Gasteiger partial charge is 0.378 e. The smallest absolute Gasteiger partial charge is 0.0590 e. The van der Waals surface area contributed by atoms with E-state index in [-0.39, 0.29) is 0 Å². The van der Waals surface area contributed by atoms with Crippen molar-refractivity contribution in [2.45, 2.75) is 70.1 Å². The van der Waals surface area contributed by atoms with Crippen LogP contribution >= 0.6 is 0 Å². The third kappa shape index (κ3) is 3.69. The van der Waals surface area contributed by atoms with Crippen molar-refractivity contribution in [2.75, 3.05) is 26.7 Å². The van der Waals surface area contributed by atoms with Crippen LogP contribution in [0.15, 0.2) is 0 Å². The lowest BCUT2D eigenvalue weighted by Crippen LogP contribution is -2.52. The summed E-state index contributed by atoms with van der Waals surface area (Å²) in [5, 5.41) is 3.37. The molecule has 2 saturated heterocycles. The van der Waals surface area contributed by atoms with Gasteiger partial charge in [0.2, 0.25) is 0 Å². The standard InChI is InChI=1S/C15H30N2O/c1-3-6-15-11-13(8-10-18-15)17-9-5-4-7-14(17)12-16-2/h13-16H,3-12H2,1-2H3. The number of likely N-dealkylation sites (N-methyl/N-ethyl adjacent to an activating group) is 1. The third-order valence-electron chi connectivity index (χ3n) is 4.53. The SMILES string of the molecule is CCCC1CC(N2CCCCC2CNC)CCO1. The molecule has 2 aliphatic heterocycles. The van der Waals surface area contributed by atoms with Crippen molar-refractivity contribution in [3.63, 3.8) is 0 Å². The molecule has 1 N–H and O–H groups in total. The molecule has 3 nitrogen and oxygen atoms in total.